The number of fused-ring (bicyclic) bond motifs is 1. The molecular formula is C14H14N2O2. The molecular weight excluding hydrogens is 228 g/mol. The van der Waals surface area contributed by atoms with Crippen molar-refractivity contribution >= 4 is 22.7 Å². The van der Waals surface area contributed by atoms with Crippen LogP contribution in [0, 0.1) is 0 Å². The first-order chi connectivity index (χ1) is 8.59. The number of nitrogens with zero attached hydrogens (tertiary/aromatic N) is 2. The summed E-state index contributed by atoms with van der Waals surface area (Å²) in [5.41, 5.74) is 2.04. The molecule has 1 fully saturated rings. The van der Waals surface area contributed by atoms with E-state index in [0.29, 0.717) is 0 Å². The molecule has 3 rings (SSSR count). The number of aromatic nitrogens is 1. The van der Waals surface area contributed by atoms with Gasteiger partial charge in [0.15, 0.2) is 0 Å². The second-order valence-electron chi connectivity index (χ2n) is 4.76. The quantitative estimate of drug-likeness (QED) is 0.714. The van der Waals surface area contributed by atoms with Gasteiger partial charge in [-0.1, -0.05) is 18.2 Å². The van der Waals surface area contributed by atoms with Crippen LogP contribution in [-0.2, 0) is 16.6 Å². The fourth-order valence-corrected chi connectivity index (χ4v) is 2.65. The number of aryl methyl sites for hydroxylation is 1. The molecule has 0 radical (unpaired) electrons. The van der Waals surface area contributed by atoms with E-state index in [0.717, 1.165) is 16.5 Å². The number of amides is 2. The molecule has 1 aromatic heterocycles. The topological polar surface area (TPSA) is 42.3 Å². The van der Waals surface area contributed by atoms with Crippen molar-refractivity contribution in [3.8, 4) is 0 Å². The summed E-state index contributed by atoms with van der Waals surface area (Å²) in [6, 6.07) is 7.95. The molecule has 0 bridgehead atoms. The molecule has 4 heteroatoms. The van der Waals surface area contributed by atoms with Crippen LogP contribution in [0.3, 0.4) is 0 Å². The van der Waals surface area contributed by atoms with Crippen LogP contribution < -0.4 is 0 Å². The summed E-state index contributed by atoms with van der Waals surface area (Å²) in [6.07, 6.45) is 2.24. The lowest BCUT2D eigenvalue weighted by Crippen LogP contribution is -2.25. The van der Waals surface area contributed by atoms with Crippen LogP contribution >= 0.6 is 0 Å². The zero-order valence-corrected chi connectivity index (χ0v) is 10.4. The Morgan fingerprint density at radius 3 is 2.56 bits per heavy atom. The maximum Gasteiger partial charge on any atom is 0.237 e. The number of benzene rings is 1. The summed E-state index contributed by atoms with van der Waals surface area (Å²) >= 11 is 0. The predicted molar refractivity (Wildman–Crippen MR) is 68.1 cm³/mol. The van der Waals surface area contributed by atoms with Crippen molar-refractivity contribution in [2.45, 2.75) is 12.3 Å². The van der Waals surface area contributed by atoms with Crippen LogP contribution in [0.4, 0.5) is 0 Å². The second-order valence-corrected chi connectivity index (χ2v) is 4.76. The van der Waals surface area contributed by atoms with Crippen molar-refractivity contribution < 1.29 is 9.59 Å². The molecule has 1 aliphatic heterocycles. The summed E-state index contributed by atoms with van der Waals surface area (Å²) in [7, 11) is 3.51. The maximum atomic E-state index is 12.1. The smallest absolute Gasteiger partial charge is 0.237 e. The van der Waals surface area contributed by atoms with Gasteiger partial charge in [-0.3, -0.25) is 14.5 Å². The summed E-state index contributed by atoms with van der Waals surface area (Å²) in [6.45, 7) is 0. The normalized spacial score (nSPS) is 20.1. The molecule has 1 atom stereocenters. The van der Waals surface area contributed by atoms with Gasteiger partial charge in [0, 0.05) is 37.6 Å². The number of likely N-dealkylation sites (tertiary alicyclic amines) is 1. The molecule has 0 aliphatic carbocycles. The Labute approximate surface area is 105 Å². The van der Waals surface area contributed by atoms with E-state index in [2.05, 4.69) is 0 Å². The molecule has 4 nitrogen and oxygen atoms in total. The minimum Gasteiger partial charge on any atom is -0.350 e. The number of imide groups is 1. The molecule has 92 valence electrons. The van der Waals surface area contributed by atoms with E-state index in [9.17, 15) is 9.59 Å². The van der Waals surface area contributed by atoms with Crippen molar-refractivity contribution in [1.29, 1.82) is 0 Å². The highest BCUT2D eigenvalue weighted by molar-refractivity contribution is 6.07. The third kappa shape index (κ3) is 1.38. The highest BCUT2D eigenvalue weighted by Gasteiger charge is 2.38. The zero-order chi connectivity index (χ0) is 12.9. The number of carbonyl (C=O) groups is 2. The molecule has 1 aromatic carbocycles. The number of carbonyl (C=O) groups excluding carboxylic acids is 2. The first kappa shape index (κ1) is 11.0. The summed E-state index contributed by atoms with van der Waals surface area (Å²) in [5.74, 6) is -0.525. The van der Waals surface area contributed by atoms with E-state index in [1.807, 2.05) is 42.1 Å². The fourth-order valence-electron chi connectivity index (χ4n) is 2.65. The first-order valence-corrected chi connectivity index (χ1v) is 5.94. The van der Waals surface area contributed by atoms with Crippen molar-refractivity contribution in [2.24, 2.45) is 7.05 Å². The Bertz CT molecular complexity index is 657. The molecule has 2 amide bonds. The van der Waals surface area contributed by atoms with E-state index in [1.165, 1.54) is 4.90 Å². The average molecular weight is 242 g/mol. The molecule has 2 heterocycles. The fraction of sp³-hybridized carbons (Fsp3) is 0.286. The van der Waals surface area contributed by atoms with Crippen LogP contribution in [0.1, 0.15) is 17.9 Å². The first-order valence-electron chi connectivity index (χ1n) is 5.94. The Hall–Kier alpha value is -2.10. The second kappa shape index (κ2) is 3.70. The van der Waals surface area contributed by atoms with Gasteiger partial charge in [0.05, 0.1) is 5.92 Å². The Kier molecular flexibility index (Phi) is 2.26. The number of hydrogen-bond acceptors (Lipinski definition) is 2. The lowest BCUT2D eigenvalue weighted by Gasteiger charge is -2.07. The molecule has 1 saturated heterocycles. The van der Waals surface area contributed by atoms with Gasteiger partial charge in [-0.25, -0.2) is 0 Å². The summed E-state index contributed by atoms with van der Waals surface area (Å²) in [4.78, 5) is 24.9. The predicted octanol–water partition coefficient (Wildman–Crippen LogP) is 1.65. The van der Waals surface area contributed by atoms with Crippen LogP contribution in [0.25, 0.3) is 10.9 Å². The van der Waals surface area contributed by atoms with Gasteiger partial charge < -0.3 is 4.57 Å². The van der Waals surface area contributed by atoms with Crippen LogP contribution in [0.5, 0.6) is 0 Å². The number of likely N-dealkylation sites (N-methyl/N-ethyl adjacent to an activating group) is 1. The van der Waals surface area contributed by atoms with Gasteiger partial charge in [0.25, 0.3) is 0 Å². The van der Waals surface area contributed by atoms with Crippen LogP contribution in [0.2, 0.25) is 0 Å². The van der Waals surface area contributed by atoms with Crippen molar-refractivity contribution in [3.63, 3.8) is 0 Å². The van der Waals surface area contributed by atoms with Gasteiger partial charge >= 0.3 is 0 Å². The van der Waals surface area contributed by atoms with Gasteiger partial charge in [-0.2, -0.15) is 0 Å². The van der Waals surface area contributed by atoms with Gasteiger partial charge in [0.1, 0.15) is 0 Å². The molecule has 18 heavy (non-hydrogen) atoms. The van der Waals surface area contributed by atoms with E-state index < -0.39 is 0 Å². The van der Waals surface area contributed by atoms with E-state index in [1.54, 1.807) is 7.05 Å². The van der Waals surface area contributed by atoms with E-state index in [4.69, 9.17) is 0 Å². The number of rotatable bonds is 1. The van der Waals surface area contributed by atoms with Gasteiger partial charge in [0.2, 0.25) is 11.8 Å². The Balaban J connectivity index is 2.16. The largest absolute Gasteiger partial charge is 0.350 e. The Morgan fingerprint density at radius 2 is 1.89 bits per heavy atom. The molecule has 0 unspecified atom stereocenters. The lowest BCUT2D eigenvalue weighted by atomic mass is 9.97. The van der Waals surface area contributed by atoms with Crippen molar-refractivity contribution in [1.82, 2.24) is 9.47 Å². The molecule has 2 aromatic rings. The maximum absolute atomic E-state index is 12.1. The third-order valence-electron chi connectivity index (χ3n) is 3.68. The van der Waals surface area contributed by atoms with Crippen LogP contribution in [0.15, 0.2) is 30.5 Å². The van der Waals surface area contributed by atoms with Crippen molar-refractivity contribution in [3.05, 3.63) is 36.0 Å². The molecule has 0 saturated carbocycles. The highest BCUT2D eigenvalue weighted by atomic mass is 16.2. The molecule has 1 aliphatic rings. The standard InChI is InChI=1S/C14H14N2O2/c1-15-8-11(9-5-3-4-6-12(9)15)10-7-13(17)16(2)14(10)18/h3-6,8,10H,7H2,1-2H3/t10-/m0/s1. The van der Waals surface area contributed by atoms with Crippen LogP contribution in [-0.4, -0.2) is 28.3 Å². The molecule has 0 spiro atoms. The Morgan fingerprint density at radius 1 is 1.17 bits per heavy atom. The third-order valence-corrected chi connectivity index (χ3v) is 3.68. The van der Waals surface area contributed by atoms with E-state index >= 15 is 0 Å². The molecule has 0 N–H and O–H groups in total. The minimum absolute atomic E-state index is 0.0991. The lowest BCUT2D eigenvalue weighted by molar-refractivity contribution is -0.137. The minimum atomic E-state index is -0.325. The number of para-hydroxylation sites is 1. The van der Waals surface area contributed by atoms with E-state index in [-0.39, 0.29) is 24.2 Å². The zero-order valence-electron chi connectivity index (χ0n) is 10.4. The highest BCUT2D eigenvalue weighted by Crippen LogP contribution is 2.34. The van der Waals surface area contributed by atoms with Gasteiger partial charge in [-0.15, -0.1) is 0 Å². The number of hydrogen-bond donors (Lipinski definition) is 0. The monoisotopic (exact) mass is 242 g/mol. The van der Waals surface area contributed by atoms with Gasteiger partial charge in [-0.05, 0) is 11.6 Å². The van der Waals surface area contributed by atoms with Crippen molar-refractivity contribution in [2.75, 3.05) is 7.05 Å². The SMILES string of the molecule is CN1C(=O)C[C@@H](c2cn(C)c3ccccc23)C1=O. The summed E-state index contributed by atoms with van der Waals surface area (Å²) in [5, 5.41) is 1.06. The summed E-state index contributed by atoms with van der Waals surface area (Å²) < 4.78 is 2.00. The average Bonchev–Trinajstić information content (AvgIpc) is 2.83.